The number of amides is 1. The van der Waals surface area contributed by atoms with Crippen LogP contribution in [0.15, 0.2) is 24.3 Å². The minimum atomic E-state index is -0.132. The predicted molar refractivity (Wildman–Crippen MR) is 96.6 cm³/mol. The summed E-state index contributed by atoms with van der Waals surface area (Å²) in [4.78, 5) is 26.4. The first-order valence-corrected chi connectivity index (χ1v) is 9.10. The first kappa shape index (κ1) is 17.5. The molecule has 2 aromatic rings. The number of nitrogens with one attached hydrogen (secondary N) is 1. The number of ketones is 1. The molecule has 0 atom stereocenters. The van der Waals surface area contributed by atoms with Crippen molar-refractivity contribution in [2.24, 2.45) is 0 Å². The van der Waals surface area contributed by atoms with E-state index in [0.717, 1.165) is 26.6 Å². The van der Waals surface area contributed by atoms with E-state index < -0.39 is 0 Å². The van der Waals surface area contributed by atoms with Crippen LogP contribution in [0.2, 0.25) is 0 Å². The van der Waals surface area contributed by atoms with Crippen LogP contribution in [0.25, 0.3) is 0 Å². The predicted octanol–water partition coefficient (Wildman–Crippen LogP) is 3.42. The highest BCUT2D eigenvalue weighted by Gasteiger charge is 2.15. The quantitative estimate of drug-likeness (QED) is 0.803. The first-order valence-electron chi connectivity index (χ1n) is 8.28. The average molecular weight is 359 g/mol. The molecular formula is C19H21NO4S. The highest BCUT2D eigenvalue weighted by molar-refractivity contribution is 7.12. The van der Waals surface area contributed by atoms with Gasteiger partial charge in [-0.2, -0.15) is 0 Å². The molecule has 1 aromatic carbocycles. The second-order valence-corrected chi connectivity index (χ2v) is 7.47. The molecule has 1 aliphatic rings. The topological polar surface area (TPSA) is 64.6 Å². The van der Waals surface area contributed by atoms with Crippen molar-refractivity contribution >= 4 is 23.0 Å². The molecule has 25 heavy (non-hydrogen) atoms. The van der Waals surface area contributed by atoms with Gasteiger partial charge in [0.15, 0.2) is 17.3 Å². The molecule has 3 rings (SSSR count). The number of fused-ring (bicyclic) bond motifs is 1. The van der Waals surface area contributed by atoms with Crippen molar-refractivity contribution in [3.05, 3.63) is 45.1 Å². The van der Waals surface area contributed by atoms with Crippen molar-refractivity contribution in [2.45, 2.75) is 33.2 Å². The maximum atomic E-state index is 12.2. The Balaban J connectivity index is 1.48. The molecule has 6 heteroatoms. The fourth-order valence-electron chi connectivity index (χ4n) is 2.76. The van der Waals surface area contributed by atoms with Crippen molar-refractivity contribution in [3.63, 3.8) is 0 Å². The van der Waals surface area contributed by atoms with E-state index in [9.17, 15) is 9.59 Å². The van der Waals surface area contributed by atoms with Gasteiger partial charge in [0.1, 0.15) is 13.2 Å². The third-order valence-electron chi connectivity index (χ3n) is 4.02. The lowest BCUT2D eigenvalue weighted by atomic mass is 10.1. The molecule has 1 N–H and O–H groups in total. The highest BCUT2D eigenvalue weighted by Crippen LogP contribution is 2.30. The zero-order valence-electron chi connectivity index (χ0n) is 14.4. The number of hydrogen-bond acceptors (Lipinski definition) is 5. The van der Waals surface area contributed by atoms with Crippen molar-refractivity contribution in [1.82, 2.24) is 5.32 Å². The lowest BCUT2D eigenvalue weighted by Crippen LogP contribution is -2.23. The van der Waals surface area contributed by atoms with E-state index in [1.165, 1.54) is 0 Å². The van der Waals surface area contributed by atoms with Crippen molar-refractivity contribution in [1.29, 1.82) is 0 Å². The fourth-order valence-corrected chi connectivity index (χ4v) is 3.70. The van der Waals surface area contributed by atoms with E-state index >= 15 is 0 Å². The Kier molecular flexibility index (Phi) is 5.38. The van der Waals surface area contributed by atoms with Gasteiger partial charge < -0.3 is 14.8 Å². The molecule has 1 amide bonds. The summed E-state index contributed by atoms with van der Waals surface area (Å²) in [7, 11) is 0. The van der Waals surface area contributed by atoms with Crippen LogP contribution in [-0.2, 0) is 11.3 Å². The van der Waals surface area contributed by atoms with Crippen molar-refractivity contribution in [3.8, 4) is 11.5 Å². The van der Waals surface area contributed by atoms with Gasteiger partial charge in [-0.15, -0.1) is 11.3 Å². The zero-order valence-corrected chi connectivity index (χ0v) is 15.2. The summed E-state index contributed by atoms with van der Waals surface area (Å²) in [6, 6.07) is 7.52. The van der Waals surface area contributed by atoms with Crippen molar-refractivity contribution < 1.29 is 19.1 Å². The summed E-state index contributed by atoms with van der Waals surface area (Å²) in [5.41, 5.74) is 1.68. The Morgan fingerprint density at radius 3 is 2.56 bits per heavy atom. The van der Waals surface area contributed by atoms with Crippen LogP contribution in [0.3, 0.4) is 0 Å². The highest BCUT2D eigenvalue weighted by atomic mass is 32.1. The maximum Gasteiger partial charge on any atom is 0.220 e. The monoisotopic (exact) mass is 359 g/mol. The first-order chi connectivity index (χ1) is 12.0. The summed E-state index contributed by atoms with van der Waals surface area (Å²) in [6.45, 7) is 5.41. The Hall–Kier alpha value is -2.34. The number of hydrogen-bond donors (Lipinski definition) is 1. The van der Waals surface area contributed by atoms with Crippen LogP contribution < -0.4 is 14.8 Å². The maximum absolute atomic E-state index is 12.2. The normalized spacial score (nSPS) is 12.7. The minimum absolute atomic E-state index is 0.0244. The molecule has 0 aliphatic carbocycles. The molecular weight excluding hydrogens is 338 g/mol. The lowest BCUT2D eigenvalue weighted by molar-refractivity contribution is -0.121. The molecule has 1 aromatic heterocycles. The van der Waals surface area contributed by atoms with Gasteiger partial charge in [0.2, 0.25) is 5.91 Å². The summed E-state index contributed by atoms with van der Waals surface area (Å²) < 4.78 is 11.0. The lowest BCUT2D eigenvalue weighted by Gasteiger charge is -2.18. The number of thiophene rings is 1. The average Bonchev–Trinajstić information content (AvgIpc) is 2.96. The number of carbonyl (C=O) groups is 2. The number of carbonyl (C=O) groups excluding carboxylic acids is 2. The summed E-state index contributed by atoms with van der Waals surface area (Å²) in [5, 5.41) is 2.85. The van der Waals surface area contributed by atoms with E-state index in [0.29, 0.717) is 25.5 Å². The summed E-state index contributed by atoms with van der Waals surface area (Å²) in [6.07, 6.45) is 0.418. The Morgan fingerprint density at radius 2 is 1.84 bits per heavy atom. The fraction of sp³-hybridized carbons (Fsp3) is 0.368. The van der Waals surface area contributed by atoms with Crippen LogP contribution in [-0.4, -0.2) is 24.9 Å². The van der Waals surface area contributed by atoms with Gasteiger partial charge in [-0.25, -0.2) is 0 Å². The van der Waals surface area contributed by atoms with Crippen LogP contribution in [0.1, 0.15) is 38.5 Å². The Morgan fingerprint density at radius 1 is 1.08 bits per heavy atom. The molecule has 132 valence electrons. The Bertz CT molecular complexity index is 797. The van der Waals surface area contributed by atoms with Crippen LogP contribution in [0, 0.1) is 13.8 Å². The SMILES string of the molecule is Cc1cc(C(=O)CCC(=O)NCc2ccc3c(c2)OCCO3)c(C)s1. The van der Waals surface area contributed by atoms with Gasteiger partial charge in [0.25, 0.3) is 0 Å². The van der Waals surface area contributed by atoms with Crippen LogP contribution in [0.5, 0.6) is 11.5 Å². The second-order valence-electron chi connectivity index (χ2n) is 6.00. The number of aryl methyl sites for hydroxylation is 2. The molecule has 0 spiro atoms. The standard InChI is InChI=1S/C19H21NO4S/c1-12-9-15(13(2)25-12)16(21)4-6-19(22)20-11-14-3-5-17-18(10-14)24-8-7-23-17/h3,5,9-10H,4,6-8,11H2,1-2H3,(H,20,22). The third-order valence-corrected chi connectivity index (χ3v) is 4.98. The van der Waals surface area contributed by atoms with Gasteiger partial charge in [0, 0.05) is 34.7 Å². The van der Waals surface area contributed by atoms with E-state index in [4.69, 9.17) is 9.47 Å². The molecule has 0 bridgehead atoms. The summed E-state index contributed by atoms with van der Waals surface area (Å²) in [5.74, 6) is 1.33. The molecule has 2 heterocycles. The molecule has 0 saturated carbocycles. The number of benzene rings is 1. The van der Waals surface area contributed by atoms with Gasteiger partial charge in [-0.05, 0) is 37.6 Å². The van der Waals surface area contributed by atoms with Gasteiger partial charge in [0.05, 0.1) is 0 Å². The van der Waals surface area contributed by atoms with E-state index in [2.05, 4.69) is 5.32 Å². The minimum Gasteiger partial charge on any atom is -0.486 e. The van der Waals surface area contributed by atoms with Gasteiger partial charge >= 0.3 is 0 Å². The number of rotatable bonds is 6. The summed E-state index contributed by atoms with van der Waals surface area (Å²) >= 11 is 1.61. The van der Waals surface area contributed by atoms with Crippen LogP contribution in [0.4, 0.5) is 0 Å². The molecule has 5 nitrogen and oxygen atoms in total. The van der Waals surface area contributed by atoms with Crippen molar-refractivity contribution in [2.75, 3.05) is 13.2 Å². The third kappa shape index (κ3) is 4.39. The number of ether oxygens (including phenoxy) is 2. The van der Waals surface area contributed by atoms with E-state index in [1.54, 1.807) is 11.3 Å². The van der Waals surface area contributed by atoms with E-state index in [1.807, 2.05) is 38.1 Å². The van der Waals surface area contributed by atoms with Crippen LogP contribution >= 0.6 is 11.3 Å². The second kappa shape index (κ2) is 7.70. The number of Topliss-reactive ketones (excluding diaryl/α,β-unsaturated/α-hetero) is 1. The largest absolute Gasteiger partial charge is 0.486 e. The zero-order chi connectivity index (χ0) is 17.8. The van der Waals surface area contributed by atoms with Gasteiger partial charge in [-0.1, -0.05) is 6.07 Å². The molecule has 1 aliphatic heterocycles. The molecule has 0 radical (unpaired) electrons. The van der Waals surface area contributed by atoms with E-state index in [-0.39, 0.29) is 24.5 Å². The smallest absolute Gasteiger partial charge is 0.220 e. The molecule has 0 fully saturated rings. The molecule has 0 unspecified atom stereocenters. The van der Waals surface area contributed by atoms with Gasteiger partial charge in [-0.3, -0.25) is 9.59 Å². The molecule has 0 saturated heterocycles. The Labute approximate surface area is 151 Å².